The SMILES string of the molecule is CCC1(Nc2ncc(C)[nH]c2=O)CC1. The first kappa shape index (κ1) is 9.24. The highest BCUT2D eigenvalue weighted by molar-refractivity contribution is 5.38. The lowest BCUT2D eigenvalue weighted by Gasteiger charge is -2.14. The second kappa shape index (κ2) is 3.12. The number of hydrogen-bond acceptors (Lipinski definition) is 3. The van der Waals surface area contributed by atoms with Crippen LogP contribution in [0.3, 0.4) is 0 Å². The van der Waals surface area contributed by atoms with Gasteiger partial charge in [0.1, 0.15) is 0 Å². The molecule has 1 fully saturated rings. The minimum Gasteiger partial charge on any atom is -0.360 e. The topological polar surface area (TPSA) is 57.8 Å². The van der Waals surface area contributed by atoms with Crippen molar-refractivity contribution in [3.05, 3.63) is 22.2 Å². The van der Waals surface area contributed by atoms with Crippen molar-refractivity contribution in [1.82, 2.24) is 9.97 Å². The van der Waals surface area contributed by atoms with Crippen LogP contribution in [-0.2, 0) is 0 Å². The van der Waals surface area contributed by atoms with Crippen LogP contribution < -0.4 is 10.9 Å². The van der Waals surface area contributed by atoms with Crippen molar-refractivity contribution in [1.29, 1.82) is 0 Å². The van der Waals surface area contributed by atoms with Crippen molar-refractivity contribution in [2.75, 3.05) is 5.32 Å². The Morgan fingerprint density at radius 3 is 2.86 bits per heavy atom. The molecular formula is C10H15N3O. The van der Waals surface area contributed by atoms with E-state index in [4.69, 9.17) is 0 Å². The van der Waals surface area contributed by atoms with E-state index < -0.39 is 0 Å². The summed E-state index contributed by atoms with van der Waals surface area (Å²) in [6.45, 7) is 3.95. The number of aromatic nitrogens is 2. The third-order valence-corrected chi connectivity index (χ3v) is 2.83. The summed E-state index contributed by atoms with van der Waals surface area (Å²) in [5.41, 5.74) is 0.821. The van der Waals surface area contributed by atoms with Crippen LogP contribution in [0.5, 0.6) is 0 Å². The predicted octanol–water partition coefficient (Wildman–Crippen LogP) is 1.43. The fourth-order valence-electron chi connectivity index (χ4n) is 1.55. The first-order valence-electron chi connectivity index (χ1n) is 4.99. The van der Waals surface area contributed by atoms with E-state index in [0.29, 0.717) is 5.82 Å². The van der Waals surface area contributed by atoms with E-state index in [9.17, 15) is 4.79 Å². The summed E-state index contributed by atoms with van der Waals surface area (Å²) in [4.78, 5) is 18.3. The zero-order chi connectivity index (χ0) is 10.2. The van der Waals surface area contributed by atoms with Crippen molar-refractivity contribution >= 4 is 5.82 Å². The average Bonchev–Trinajstić information content (AvgIpc) is 2.91. The zero-order valence-electron chi connectivity index (χ0n) is 8.55. The van der Waals surface area contributed by atoms with Crippen molar-refractivity contribution < 1.29 is 0 Å². The molecule has 1 aliphatic rings. The molecule has 76 valence electrons. The molecule has 1 aliphatic carbocycles. The Balaban J connectivity index is 2.21. The Bertz CT molecular complexity index is 393. The van der Waals surface area contributed by atoms with Crippen molar-refractivity contribution in [2.24, 2.45) is 0 Å². The number of anilines is 1. The van der Waals surface area contributed by atoms with Gasteiger partial charge in [-0.25, -0.2) is 4.98 Å². The summed E-state index contributed by atoms with van der Waals surface area (Å²) in [6.07, 6.45) is 4.99. The molecule has 1 heterocycles. The summed E-state index contributed by atoms with van der Waals surface area (Å²) in [7, 11) is 0. The molecule has 1 saturated carbocycles. The average molecular weight is 193 g/mol. The lowest BCUT2D eigenvalue weighted by molar-refractivity contribution is 0.694. The van der Waals surface area contributed by atoms with Gasteiger partial charge in [-0.1, -0.05) is 6.92 Å². The highest BCUT2D eigenvalue weighted by atomic mass is 16.1. The molecule has 4 nitrogen and oxygen atoms in total. The van der Waals surface area contributed by atoms with Crippen LogP contribution in [0.2, 0.25) is 0 Å². The molecule has 0 aromatic carbocycles. The van der Waals surface area contributed by atoms with E-state index in [2.05, 4.69) is 22.2 Å². The summed E-state index contributed by atoms with van der Waals surface area (Å²) in [5.74, 6) is 0.454. The maximum Gasteiger partial charge on any atom is 0.290 e. The van der Waals surface area contributed by atoms with Crippen LogP contribution in [0, 0.1) is 6.92 Å². The van der Waals surface area contributed by atoms with E-state index in [-0.39, 0.29) is 11.1 Å². The number of nitrogens with zero attached hydrogens (tertiary/aromatic N) is 1. The molecule has 0 amide bonds. The third kappa shape index (κ3) is 1.64. The van der Waals surface area contributed by atoms with Gasteiger partial charge >= 0.3 is 0 Å². The normalized spacial score (nSPS) is 17.9. The zero-order valence-corrected chi connectivity index (χ0v) is 8.55. The van der Waals surface area contributed by atoms with Gasteiger partial charge in [-0.3, -0.25) is 4.79 Å². The lowest BCUT2D eigenvalue weighted by Crippen LogP contribution is -2.26. The third-order valence-electron chi connectivity index (χ3n) is 2.83. The summed E-state index contributed by atoms with van der Waals surface area (Å²) in [6, 6.07) is 0. The van der Waals surface area contributed by atoms with E-state index in [1.54, 1.807) is 6.20 Å². The Morgan fingerprint density at radius 2 is 2.36 bits per heavy atom. The molecule has 2 N–H and O–H groups in total. The first-order valence-corrected chi connectivity index (χ1v) is 4.99. The van der Waals surface area contributed by atoms with Gasteiger partial charge in [0, 0.05) is 17.4 Å². The number of H-pyrrole nitrogens is 1. The molecule has 0 aliphatic heterocycles. The molecule has 0 saturated heterocycles. The summed E-state index contributed by atoms with van der Waals surface area (Å²) >= 11 is 0. The van der Waals surface area contributed by atoms with Gasteiger partial charge in [-0.15, -0.1) is 0 Å². The number of hydrogen-bond donors (Lipinski definition) is 2. The molecule has 14 heavy (non-hydrogen) atoms. The smallest absolute Gasteiger partial charge is 0.290 e. The van der Waals surface area contributed by atoms with Crippen LogP contribution in [-0.4, -0.2) is 15.5 Å². The second-order valence-corrected chi connectivity index (χ2v) is 4.00. The van der Waals surface area contributed by atoms with Crippen molar-refractivity contribution in [3.63, 3.8) is 0 Å². The summed E-state index contributed by atoms with van der Waals surface area (Å²) in [5, 5.41) is 3.22. The van der Waals surface area contributed by atoms with E-state index >= 15 is 0 Å². The second-order valence-electron chi connectivity index (χ2n) is 4.00. The quantitative estimate of drug-likeness (QED) is 0.763. The largest absolute Gasteiger partial charge is 0.360 e. The number of rotatable bonds is 3. The standard InChI is InChI=1S/C10H15N3O/c1-3-10(4-5-10)13-8-9(14)12-7(2)6-11-8/h6H,3-5H2,1-2H3,(H,11,13)(H,12,14). The Labute approximate surface area is 82.8 Å². The first-order chi connectivity index (χ1) is 6.65. The van der Waals surface area contributed by atoms with Crippen LogP contribution in [0.15, 0.2) is 11.0 Å². The Hall–Kier alpha value is -1.32. The van der Waals surface area contributed by atoms with Gasteiger partial charge in [0.25, 0.3) is 5.56 Å². The van der Waals surface area contributed by atoms with E-state index in [1.807, 2.05) is 6.92 Å². The van der Waals surface area contributed by atoms with Crippen LogP contribution >= 0.6 is 0 Å². The fraction of sp³-hybridized carbons (Fsp3) is 0.600. The van der Waals surface area contributed by atoms with Crippen LogP contribution in [0.25, 0.3) is 0 Å². The molecule has 2 rings (SSSR count). The molecule has 1 aromatic rings. The minimum absolute atomic E-state index is 0.121. The van der Waals surface area contributed by atoms with E-state index in [1.165, 1.54) is 0 Å². The van der Waals surface area contributed by atoms with Crippen molar-refractivity contribution in [2.45, 2.75) is 38.6 Å². The maximum absolute atomic E-state index is 11.5. The fourth-order valence-corrected chi connectivity index (χ4v) is 1.55. The van der Waals surface area contributed by atoms with E-state index in [0.717, 1.165) is 25.0 Å². The molecule has 0 spiro atoms. The number of aromatic amines is 1. The van der Waals surface area contributed by atoms with Gasteiger partial charge < -0.3 is 10.3 Å². The van der Waals surface area contributed by atoms with Gasteiger partial charge in [-0.2, -0.15) is 0 Å². The predicted molar refractivity (Wildman–Crippen MR) is 55.5 cm³/mol. The monoisotopic (exact) mass is 193 g/mol. The summed E-state index contributed by atoms with van der Waals surface area (Å²) < 4.78 is 0. The van der Waals surface area contributed by atoms with Crippen LogP contribution in [0.1, 0.15) is 31.9 Å². The van der Waals surface area contributed by atoms with Gasteiger partial charge in [0.2, 0.25) is 0 Å². The lowest BCUT2D eigenvalue weighted by atomic mass is 10.2. The molecule has 0 radical (unpaired) electrons. The molecule has 0 atom stereocenters. The molecule has 1 aromatic heterocycles. The highest BCUT2D eigenvalue weighted by Gasteiger charge is 2.41. The van der Waals surface area contributed by atoms with Gasteiger partial charge in [-0.05, 0) is 26.2 Å². The van der Waals surface area contributed by atoms with Crippen LogP contribution in [0.4, 0.5) is 5.82 Å². The Morgan fingerprint density at radius 1 is 1.64 bits per heavy atom. The minimum atomic E-state index is -0.121. The molecule has 4 heteroatoms. The number of nitrogens with one attached hydrogen (secondary N) is 2. The van der Waals surface area contributed by atoms with Crippen molar-refractivity contribution in [3.8, 4) is 0 Å². The van der Waals surface area contributed by atoms with Gasteiger partial charge in [0.05, 0.1) is 0 Å². The maximum atomic E-state index is 11.5. The molecule has 0 bridgehead atoms. The highest BCUT2D eigenvalue weighted by Crippen LogP contribution is 2.40. The number of aryl methyl sites for hydroxylation is 1. The molecular weight excluding hydrogens is 178 g/mol. The Kier molecular flexibility index (Phi) is 2.06. The van der Waals surface area contributed by atoms with Gasteiger partial charge in [0.15, 0.2) is 5.82 Å². The molecule has 0 unspecified atom stereocenters.